The molecule has 3 heteroatoms. The summed E-state index contributed by atoms with van der Waals surface area (Å²) in [6.45, 7) is 6.40. The molecule has 0 aromatic heterocycles. The minimum absolute atomic E-state index is 0.979. The maximum Gasteiger partial charge on any atom is 0.0631 e. The van der Waals surface area contributed by atoms with E-state index in [-0.39, 0.29) is 0 Å². The maximum atomic E-state index is 4.55. The van der Waals surface area contributed by atoms with Gasteiger partial charge in [0, 0.05) is 44.8 Å². The Morgan fingerprint density at radius 1 is 0.818 bits per heavy atom. The number of nitrogens with zero attached hydrogens (tertiary/aromatic N) is 3. The second kappa shape index (κ2) is 7.64. The smallest absolute Gasteiger partial charge is 0.0631 e. The summed E-state index contributed by atoms with van der Waals surface area (Å²) in [5.74, 6) is 0. The molecule has 0 saturated heterocycles. The minimum atomic E-state index is 0.979. The van der Waals surface area contributed by atoms with Crippen LogP contribution in [0.3, 0.4) is 0 Å². The summed E-state index contributed by atoms with van der Waals surface area (Å²) < 4.78 is 0. The molecule has 3 nitrogen and oxygen atoms in total. The molecule has 2 aromatic carbocycles. The highest BCUT2D eigenvalue weighted by Gasteiger charge is 2.00. The van der Waals surface area contributed by atoms with Crippen molar-refractivity contribution in [2.24, 2.45) is 4.99 Å². The minimum Gasteiger partial charge on any atom is -0.378 e. The van der Waals surface area contributed by atoms with Crippen LogP contribution in [0.25, 0.3) is 0 Å². The van der Waals surface area contributed by atoms with E-state index in [1.54, 1.807) is 0 Å². The number of rotatable bonds is 6. The first-order valence-electron chi connectivity index (χ1n) is 7.80. The Labute approximate surface area is 133 Å². The van der Waals surface area contributed by atoms with Crippen LogP contribution in [0.2, 0.25) is 0 Å². The van der Waals surface area contributed by atoms with Gasteiger partial charge in [0.25, 0.3) is 0 Å². The van der Waals surface area contributed by atoms with Gasteiger partial charge in [-0.3, -0.25) is 4.99 Å². The first kappa shape index (κ1) is 16.1. The van der Waals surface area contributed by atoms with E-state index < -0.39 is 0 Å². The summed E-state index contributed by atoms with van der Waals surface area (Å²) in [4.78, 5) is 8.96. The molecule has 2 rings (SSSR count). The molecule has 0 aliphatic carbocycles. The van der Waals surface area contributed by atoms with Crippen LogP contribution in [0.4, 0.5) is 17.1 Å². The summed E-state index contributed by atoms with van der Waals surface area (Å²) in [6, 6.07) is 16.8. The van der Waals surface area contributed by atoms with Crippen LogP contribution in [-0.2, 0) is 0 Å². The van der Waals surface area contributed by atoms with Crippen molar-refractivity contribution in [3.05, 3.63) is 54.1 Å². The van der Waals surface area contributed by atoms with E-state index >= 15 is 0 Å². The van der Waals surface area contributed by atoms with Gasteiger partial charge in [0.15, 0.2) is 0 Å². The molecule has 0 amide bonds. The molecule has 0 N–H and O–H groups in total. The van der Waals surface area contributed by atoms with Gasteiger partial charge in [-0.05, 0) is 55.8 Å². The van der Waals surface area contributed by atoms with E-state index in [4.69, 9.17) is 0 Å². The predicted octanol–water partition coefficient (Wildman–Crippen LogP) is 4.35. The SMILES string of the molecule is CCN(CC)c1ccc(N=Cc2ccc(N(C)C)cc2)cc1. The molecule has 0 heterocycles. The lowest BCUT2D eigenvalue weighted by atomic mass is 10.2. The highest BCUT2D eigenvalue weighted by molar-refractivity contribution is 5.82. The monoisotopic (exact) mass is 295 g/mol. The summed E-state index contributed by atoms with van der Waals surface area (Å²) >= 11 is 0. The summed E-state index contributed by atoms with van der Waals surface area (Å²) in [5.41, 5.74) is 4.53. The highest BCUT2D eigenvalue weighted by Crippen LogP contribution is 2.20. The van der Waals surface area contributed by atoms with Gasteiger partial charge in [-0.1, -0.05) is 12.1 Å². The van der Waals surface area contributed by atoms with Gasteiger partial charge in [-0.2, -0.15) is 0 Å². The average Bonchev–Trinajstić information content (AvgIpc) is 2.55. The zero-order valence-corrected chi connectivity index (χ0v) is 14.0. The third kappa shape index (κ3) is 4.10. The molecule has 116 valence electrons. The van der Waals surface area contributed by atoms with Crippen molar-refractivity contribution >= 4 is 23.3 Å². The van der Waals surface area contributed by atoms with Crippen LogP contribution < -0.4 is 9.80 Å². The van der Waals surface area contributed by atoms with Crippen molar-refractivity contribution in [2.45, 2.75) is 13.8 Å². The Bertz CT molecular complexity index is 594. The molecule has 0 unspecified atom stereocenters. The van der Waals surface area contributed by atoms with E-state index in [9.17, 15) is 0 Å². The fraction of sp³-hybridized carbons (Fsp3) is 0.316. The number of aliphatic imine (C=N–C) groups is 1. The van der Waals surface area contributed by atoms with Crippen molar-refractivity contribution in [3.8, 4) is 0 Å². The van der Waals surface area contributed by atoms with Crippen LogP contribution >= 0.6 is 0 Å². The first-order valence-corrected chi connectivity index (χ1v) is 7.80. The summed E-state index contributed by atoms with van der Waals surface area (Å²) in [6.07, 6.45) is 1.91. The Kier molecular flexibility index (Phi) is 5.59. The van der Waals surface area contributed by atoms with E-state index in [1.165, 1.54) is 11.4 Å². The van der Waals surface area contributed by atoms with Crippen molar-refractivity contribution in [1.29, 1.82) is 0 Å². The van der Waals surface area contributed by atoms with Crippen molar-refractivity contribution < 1.29 is 0 Å². The van der Waals surface area contributed by atoms with Crippen LogP contribution in [-0.4, -0.2) is 33.4 Å². The quantitative estimate of drug-likeness (QED) is 0.738. The molecular weight excluding hydrogens is 270 g/mol. The van der Waals surface area contributed by atoms with Gasteiger partial charge in [0.2, 0.25) is 0 Å². The molecule has 0 radical (unpaired) electrons. The van der Waals surface area contributed by atoms with Crippen molar-refractivity contribution in [1.82, 2.24) is 0 Å². The van der Waals surface area contributed by atoms with Gasteiger partial charge >= 0.3 is 0 Å². The molecule has 0 saturated carbocycles. The van der Waals surface area contributed by atoms with Gasteiger partial charge in [-0.25, -0.2) is 0 Å². The van der Waals surface area contributed by atoms with E-state index in [2.05, 4.69) is 77.2 Å². The second-order valence-corrected chi connectivity index (χ2v) is 5.43. The van der Waals surface area contributed by atoms with Gasteiger partial charge in [-0.15, -0.1) is 0 Å². The lowest BCUT2D eigenvalue weighted by molar-refractivity contribution is 0.866. The summed E-state index contributed by atoms with van der Waals surface area (Å²) in [5, 5.41) is 0. The summed E-state index contributed by atoms with van der Waals surface area (Å²) in [7, 11) is 4.08. The Hall–Kier alpha value is -2.29. The normalized spacial score (nSPS) is 10.9. The van der Waals surface area contributed by atoms with Crippen LogP contribution in [0.5, 0.6) is 0 Å². The molecule has 0 bridgehead atoms. The van der Waals surface area contributed by atoms with Gasteiger partial charge in [0.05, 0.1) is 5.69 Å². The molecule has 2 aromatic rings. The Morgan fingerprint density at radius 3 is 1.86 bits per heavy atom. The molecule has 0 fully saturated rings. The lowest BCUT2D eigenvalue weighted by Crippen LogP contribution is -2.21. The third-order valence-electron chi connectivity index (χ3n) is 3.75. The molecular formula is C19H25N3. The average molecular weight is 295 g/mol. The van der Waals surface area contributed by atoms with Gasteiger partial charge < -0.3 is 9.80 Å². The second-order valence-electron chi connectivity index (χ2n) is 5.43. The molecule has 0 aliphatic heterocycles. The third-order valence-corrected chi connectivity index (χ3v) is 3.75. The van der Waals surface area contributed by atoms with E-state index in [0.717, 1.165) is 24.3 Å². The molecule has 0 spiro atoms. The maximum absolute atomic E-state index is 4.55. The number of hydrogen-bond donors (Lipinski definition) is 0. The largest absolute Gasteiger partial charge is 0.378 e. The Balaban J connectivity index is 2.06. The van der Waals surface area contributed by atoms with Crippen LogP contribution in [0, 0.1) is 0 Å². The van der Waals surface area contributed by atoms with Crippen molar-refractivity contribution in [3.63, 3.8) is 0 Å². The number of hydrogen-bond acceptors (Lipinski definition) is 3. The fourth-order valence-corrected chi connectivity index (χ4v) is 2.35. The molecule has 0 aliphatic rings. The molecule has 0 atom stereocenters. The highest BCUT2D eigenvalue weighted by atomic mass is 15.1. The lowest BCUT2D eigenvalue weighted by Gasteiger charge is -2.20. The zero-order valence-electron chi connectivity index (χ0n) is 14.0. The molecule has 22 heavy (non-hydrogen) atoms. The van der Waals surface area contributed by atoms with Crippen molar-refractivity contribution in [2.75, 3.05) is 37.0 Å². The first-order chi connectivity index (χ1) is 10.6. The van der Waals surface area contributed by atoms with Crippen LogP contribution in [0.1, 0.15) is 19.4 Å². The zero-order chi connectivity index (χ0) is 15.9. The number of benzene rings is 2. The fourth-order valence-electron chi connectivity index (χ4n) is 2.35. The Morgan fingerprint density at radius 2 is 1.36 bits per heavy atom. The predicted molar refractivity (Wildman–Crippen MR) is 98.0 cm³/mol. The van der Waals surface area contributed by atoms with Crippen LogP contribution in [0.15, 0.2) is 53.5 Å². The topological polar surface area (TPSA) is 18.8 Å². The standard InChI is InChI=1S/C19H25N3/c1-5-22(6-2)19-13-9-17(10-14-19)20-15-16-7-11-18(12-8-16)21(3)4/h7-15H,5-6H2,1-4H3. The number of anilines is 2. The van der Waals surface area contributed by atoms with Gasteiger partial charge in [0.1, 0.15) is 0 Å². The van der Waals surface area contributed by atoms with E-state index in [0.29, 0.717) is 0 Å². The van der Waals surface area contributed by atoms with E-state index in [1.807, 2.05) is 20.3 Å².